The molecule has 0 heterocycles. The number of carbonyl (C=O) groups is 2. The maximum Gasteiger partial charge on any atom is 0.331 e. The number of hydrogen-bond donors (Lipinski definition) is 1. The molecule has 0 fully saturated rings. The van der Waals surface area contributed by atoms with Gasteiger partial charge >= 0.3 is 5.97 Å². The van der Waals surface area contributed by atoms with Crippen LogP contribution in [0.1, 0.15) is 32.3 Å². The first-order chi connectivity index (χ1) is 10.6. The minimum Gasteiger partial charge on any atom is -0.497 e. The first-order valence-corrected chi connectivity index (χ1v) is 7.37. The number of nitrogens with one attached hydrogen (secondary N) is 1. The van der Waals surface area contributed by atoms with Gasteiger partial charge in [0.15, 0.2) is 6.61 Å². The fourth-order valence-electron chi connectivity index (χ4n) is 1.86. The fourth-order valence-corrected chi connectivity index (χ4v) is 1.86. The zero-order valence-corrected chi connectivity index (χ0v) is 13.3. The molecule has 0 aliphatic carbocycles. The van der Waals surface area contributed by atoms with Crippen LogP contribution in [0, 0.1) is 0 Å². The molecule has 0 aliphatic rings. The summed E-state index contributed by atoms with van der Waals surface area (Å²) in [5.74, 6) is -0.126. The van der Waals surface area contributed by atoms with E-state index in [0.717, 1.165) is 18.4 Å². The molecule has 1 N–H and O–H groups in total. The third-order valence-electron chi connectivity index (χ3n) is 3.20. The number of benzene rings is 1. The van der Waals surface area contributed by atoms with Gasteiger partial charge in [0, 0.05) is 12.1 Å². The van der Waals surface area contributed by atoms with Crippen LogP contribution in [0.25, 0.3) is 6.08 Å². The summed E-state index contributed by atoms with van der Waals surface area (Å²) in [5, 5.41) is 2.80. The fraction of sp³-hybridized carbons (Fsp3) is 0.412. The molecule has 0 aliphatic heterocycles. The Balaban J connectivity index is 2.42. The molecule has 0 radical (unpaired) electrons. The van der Waals surface area contributed by atoms with Gasteiger partial charge in [0.05, 0.1) is 7.11 Å². The highest BCUT2D eigenvalue weighted by Crippen LogP contribution is 2.13. The van der Waals surface area contributed by atoms with E-state index in [0.29, 0.717) is 5.75 Å². The summed E-state index contributed by atoms with van der Waals surface area (Å²) in [6, 6.07) is 7.40. The van der Waals surface area contributed by atoms with E-state index in [-0.39, 0.29) is 18.6 Å². The van der Waals surface area contributed by atoms with Crippen molar-refractivity contribution in [2.45, 2.75) is 32.7 Å². The van der Waals surface area contributed by atoms with Crippen LogP contribution < -0.4 is 10.1 Å². The Kier molecular flexibility index (Phi) is 7.75. The molecule has 22 heavy (non-hydrogen) atoms. The van der Waals surface area contributed by atoms with Crippen LogP contribution in [-0.4, -0.2) is 31.6 Å². The Morgan fingerprint density at radius 1 is 1.27 bits per heavy atom. The third-order valence-corrected chi connectivity index (χ3v) is 3.20. The predicted octanol–water partition coefficient (Wildman–Crippen LogP) is 2.56. The number of rotatable bonds is 8. The lowest BCUT2D eigenvalue weighted by molar-refractivity contribution is -0.144. The van der Waals surface area contributed by atoms with Crippen molar-refractivity contribution in [2.24, 2.45) is 0 Å². The molecule has 1 amide bonds. The van der Waals surface area contributed by atoms with Crippen LogP contribution in [0.4, 0.5) is 0 Å². The average Bonchev–Trinajstić information content (AvgIpc) is 2.56. The second-order valence-electron chi connectivity index (χ2n) is 4.80. The zero-order valence-electron chi connectivity index (χ0n) is 13.3. The summed E-state index contributed by atoms with van der Waals surface area (Å²) < 4.78 is 10.00. The Morgan fingerprint density at radius 3 is 2.64 bits per heavy atom. The maximum atomic E-state index is 11.6. The molecule has 5 heteroatoms. The molecule has 1 aromatic rings. The SMILES string of the molecule is CCC(CC)NC(=O)COC(=O)/C=C/c1cccc(OC)c1. The van der Waals surface area contributed by atoms with Crippen LogP contribution >= 0.6 is 0 Å². The first-order valence-electron chi connectivity index (χ1n) is 7.37. The minimum atomic E-state index is -0.553. The van der Waals surface area contributed by atoms with Crippen molar-refractivity contribution in [3.8, 4) is 5.75 Å². The number of amides is 1. The largest absolute Gasteiger partial charge is 0.497 e. The molecule has 1 aromatic carbocycles. The van der Waals surface area contributed by atoms with Crippen molar-refractivity contribution < 1.29 is 19.1 Å². The molecule has 0 saturated carbocycles. The number of hydrogen-bond acceptors (Lipinski definition) is 4. The van der Waals surface area contributed by atoms with Crippen molar-refractivity contribution in [3.63, 3.8) is 0 Å². The van der Waals surface area contributed by atoms with Crippen LogP contribution in [0.15, 0.2) is 30.3 Å². The van der Waals surface area contributed by atoms with Gasteiger partial charge in [0.25, 0.3) is 5.91 Å². The second kappa shape index (κ2) is 9.60. The molecule has 120 valence electrons. The molecule has 0 atom stereocenters. The molecular formula is C17H23NO4. The van der Waals surface area contributed by atoms with E-state index in [9.17, 15) is 9.59 Å². The van der Waals surface area contributed by atoms with Crippen LogP contribution in [0.2, 0.25) is 0 Å². The van der Waals surface area contributed by atoms with Gasteiger partial charge in [0.1, 0.15) is 5.75 Å². The van der Waals surface area contributed by atoms with E-state index in [1.54, 1.807) is 19.3 Å². The second-order valence-corrected chi connectivity index (χ2v) is 4.80. The topological polar surface area (TPSA) is 64.6 Å². The number of esters is 1. The van der Waals surface area contributed by atoms with E-state index in [2.05, 4.69) is 5.32 Å². The summed E-state index contributed by atoms with van der Waals surface area (Å²) in [5.41, 5.74) is 0.817. The number of methoxy groups -OCH3 is 1. The van der Waals surface area contributed by atoms with Gasteiger partial charge < -0.3 is 14.8 Å². The highest BCUT2D eigenvalue weighted by atomic mass is 16.5. The van der Waals surface area contributed by atoms with E-state index >= 15 is 0 Å². The van der Waals surface area contributed by atoms with Gasteiger partial charge in [-0.05, 0) is 36.6 Å². The Hall–Kier alpha value is -2.30. The Bertz CT molecular complexity index is 521. The van der Waals surface area contributed by atoms with Crippen molar-refractivity contribution >= 4 is 18.0 Å². The van der Waals surface area contributed by atoms with Gasteiger partial charge in [0.2, 0.25) is 0 Å². The highest BCUT2D eigenvalue weighted by molar-refractivity contribution is 5.89. The van der Waals surface area contributed by atoms with Crippen molar-refractivity contribution in [2.75, 3.05) is 13.7 Å². The summed E-state index contributed by atoms with van der Waals surface area (Å²) in [4.78, 5) is 23.2. The summed E-state index contributed by atoms with van der Waals surface area (Å²) in [6.45, 7) is 3.73. The Labute approximate surface area is 131 Å². The molecule has 0 saturated heterocycles. The third kappa shape index (κ3) is 6.43. The van der Waals surface area contributed by atoms with Gasteiger partial charge in [-0.1, -0.05) is 26.0 Å². The summed E-state index contributed by atoms with van der Waals surface area (Å²) >= 11 is 0. The van der Waals surface area contributed by atoms with Gasteiger partial charge in [-0.15, -0.1) is 0 Å². The highest BCUT2D eigenvalue weighted by Gasteiger charge is 2.09. The number of ether oxygens (including phenoxy) is 2. The van der Waals surface area contributed by atoms with Crippen molar-refractivity contribution in [3.05, 3.63) is 35.9 Å². The van der Waals surface area contributed by atoms with Crippen molar-refractivity contribution in [1.82, 2.24) is 5.32 Å². The lowest BCUT2D eigenvalue weighted by atomic mass is 10.2. The standard InChI is InChI=1S/C17H23NO4/c1-4-14(5-2)18-16(19)12-22-17(20)10-9-13-7-6-8-15(11-13)21-3/h6-11,14H,4-5,12H2,1-3H3,(H,18,19)/b10-9+. The zero-order chi connectivity index (χ0) is 16.4. The lowest BCUT2D eigenvalue weighted by Crippen LogP contribution is -2.36. The molecule has 0 bridgehead atoms. The minimum absolute atomic E-state index is 0.124. The van der Waals surface area contributed by atoms with Crippen LogP contribution in [0.3, 0.4) is 0 Å². The summed E-state index contributed by atoms with van der Waals surface area (Å²) in [7, 11) is 1.58. The monoisotopic (exact) mass is 305 g/mol. The maximum absolute atomic E-state index is 11.6. The molecule has 0 spiro atoms. The average molecular weight is 305 g/mol. The van der Waals surface area contributed by atoms with Crippen LogP contribution in [-0.2, 0) is 14.3 Å². The predicted molar refractivity (Wildman–Crippen MR) is 85.5 cm³/mol. The van der Waals surface area contributed by atoms with Crippen molar-refractivity contribution in [1.29, 1.82) is 0 Å². The molecule has 0 aromatic heterocycles. The molecule has 0 unspecified atom stereocenters. The molecular weight excluding hydrogens is 282 g/mol. The van der Waals surface area contributed by atoms with Crippen LogP contribution in [0.5, 0.6) is 5.75 Å². The summed E-state index contributed by atoms with van der Waals surface area (Å²) in [6.07, 6.45) is 4.61. The molecule has 1 rings (SSSR count). The number of carbonyl (C=O) groups excluding carboxylic acids is 2. The first kappa shape index (κ1) is 17.8. The molecule has 5 nitrogen and oxygen atoms in total. The normalized spacial score (nSPS) is 10.7. The van der Waals surface area contributed by atoms with E-state index < -0.39 is 5.97 Å². The lowest BCUT2D eigenvalue weighted by Gasteiger charge is -2.14. The van der Waals surface area contributed by atoms with Gasteiger partial charge in [-0.2, -0.15) is 0 Å². The quantitative estimate of drug-likeness (QED) is 0.592. The van der Waals surface area contributed by atoms with Gasteiger partial charge in [-0.25, -0.2) is 4.79 Å². The van der Waals surface area contributed by atoms with E-state index in [1.165, 1.54) is 6.08 Å². The van der Waals surface area contributed by atoms with E-state index in [4.69, 9.17) is 9.47 Å². The van der Waals surface area contributed by atoms with E-state index in [1.807, 2.05) is 32.0 Å². The van der Waals surface area contributed by atoms with Gasteiger partial charge in [-0.3, -0.25) is 4.79 Å². The smallest absolute Gasteiger partial charge is 0.331 e. The Morgan fingerprint density at radius 2 is 2.00 bits per heavy atom.